The van der Waals surface area contributed by atoms with E-state index in [1.807, 2.05) is 13.0 Å². The van der Waals surface area contributed by atoms with Crippen molar-refractivity contribution in [2.45, 2.75) is 26.9 Å². The van der Waals surface area contributed by atoms with Gasteiger partial charge in [0.25, 0.3) is 11.5 Å². The molecule has 0 atom stereocenters. The van der Waals surface area contributed by atoms with Gasteiger partial charge in [-0.25, -0.2) is 9.78 Å². The number of thiazole rings is 1. The number of ether oxygens (including phenoxy) is 1. The summed E-state index contributed by atoms with van der Waals surface area (Å²) >= 11 is 13.1. The van der Waals surface area contributed by atoms with E-state index in [4.69, 9.17) is 27.9 Å². The summed E-state index contributed by atoms with van der Waals surface area (Å²) in [6.45, 7) is 4.31. The zero-order valence-electron chi connectivity index (χ0n) is 18.3. The number of nitrogens with zero attached hydrogens (tertiary/aromatic N) is 3. The van der Waals surface area contributed by atoms with Crippen LogP contribution in [0.1, 0.15) is 33.3 Å². The summed E-state index contributed by atoms with van der Waals surface area (Å²) in [6, 6.07) is 8.47. The fraction of sp³-hybridized carbons (Fsp3) is 0.217. The topological polar surface area (TPSA) is 94.7 Å². The predicted octanol–water partition coefficient (Wildman–Crippen LogP) is 3.91. The monoisotopic (exact) mass is 518 g/mol. The average Bonchev–Trinajstić information content (AvgIpc) is 3.28. The Kier molecular flexibility index (Phi) is 7.06. The van der Waals surface area contributed by atoms with Crippen molar-refractivity contribution >= 4 is 45.3 Å². The lowest BCUT2D eigenvalue weighted by Crippen LogP contribution is -2.38. The second kappa shape index (κ2) is 10.0. The van der Waals surface area contributed by atoms with Gasteiger partial charge in [0, 0.05) is 30.6 Å². The molecule has 0 radical (unpaired) electrons. The minimum Gasteiger partial charge on any atom is -0.478 e. The Hall–Kier alpha value is -3.14. The van der Waals surface area contributed by atoms with Crippen LogP contribution in [0.5, 0.6) is 5.88 Å². The highest BCUT2D eigenvalue weighted by Crippen LogP contribution is 2.23. The van der Waals surface area contributed by atoms with E-state index in [1.54, 1.807) is 37.4 Å². The molecule has 0 bridgehead atoms. The third-order valence-corrected chi connectivity index (χ3v) is 7.03. The van der Waals surface area contributed by atoms with Crippen molar-refractivity contribution in [1.82, 2.24) is 19.3 Å². The highest BCUT2D eigenvalue weighted by molar-refractivity contribution is 7.19. The van der Waals surface area contributed by atoms with Gasteiger partial charge in [-0.2, -0.15) is 0 Å². The smallest absolute Gasteiger partial charge is 0.336 e. The summed E-state index contributed by atoms with van der Waals surface area (Å²) in [7, 11) is 0. The van der Waals surface area contributed by atoms with Gasteiger partial charge in [0.1, 0.15) is 9.71 Å². The van der Waals surface area contributed by atoms with E-state index >= 15 is 0 Å². The lowest BCUT2D eigenvalue weighted by molar-refractivity contribution is 0.0954. The van der Waals surface area contributed by atoms with Gasteiger partial charge in [-0.15, -0.1) is 11.3 Å². The number of halogens is 2. The van der Waals surface area contributed by atoms with Gasteiger partial charge >= 0.3 is 5.69 Å². The Labute approximate surface area is 208 Å². The molecule has 0 unspecified atom stereocenters. The minimum atomic E-state index is -0.539. The van der Waals surface area contributed by atoms with Crippen LogP contribution in [0.25, 0.3) is 4.83 Å². The summed E-state index contributed by atoms with van der Waals surface area (Å²) in [6.07, 6.45) is 3.08. The van der Waals surface area contributed by atoms with E-state index < -0.39 is 11.2 Å². The van der Waals surface area contributed by atoms with Crippen molar-refractivity contribution in [3.05, 3.63) is 95.2 Å². The number of hydrogen-bond acceptors (Lipinski definition) is 6. The Bertz CT molecular complexity index is 1490. The molecule has 0 saturated carbocycles. The number of aromatic nitrogens is 3. The summed E-state index contributed by atoms with van der Waals surface area (Å²) in [5.74, 6) is 0.157. The van der Waals surface area contributed by atoms with E-state index in [0.29, 0.717) is 43.4 Å². The number of pyridine rings is 1. The zero-order valence-corrected chi connectivity index (χ0v) is 20.6. The second-order valence-corrected chi connectivity index (χ2v) is 9.28. The van der Waals surface area contributed by atoms with Crippen molar-refractivity contribution in [3.63, 3.8) is 0 Å². The molecule has 0 aliphatic carbocycles. The molecule has 1 N–H and O–H groups in total. The molecular formula is C23H20Cl2N4O4S. The first-order valence-electron chi connectivity index (χ1n) is 10.3. The maximum Gasteiger partial charge on any atom is 0.336 e. The van der Waals surface area contributed by atoms with Gasteiger partial charge in [-0.05, 0) is 37.1 Å². The van der Waals surface area contributed by atoms with E-state index in [-0.39, 0.29) is 19.0 Å². The fourth-order valence-electron chi connectivity index (χ4n) is 3.35. The molecule has 8 nitrogen and oxygen atoms in total. The summed E-state index contributed by atoms with van der Waals surface area (Å²) in [5.41, 5.74) is 0.866. The van der Waals surface area contributed by atoms with Gasteiger partial charge in [0.2, 0.25) is 5.88 Å². The SMILES string of the molecule is CCOc1ccc(CNC(=O)c2cn3c(=O)n(Cc4ccc(Cl)c(Cl)c4)c(=O)c(C)c3s2)cn1. The van der Waals surface area contributed by atoms with Gasteiger partial charge in [0.15, 0.2) is 0 Å². The Morgan fingerprint density at radius 3 is 2.59 bits per heavy atom. The first-order valence-corrected chi connectivity index (χ1v) is 11.9. The van der Waals surface area contributed by atoms with Crippen LogP contribution in [0.15, 0.2) is 52.3 Å². The number of amides is 1. The largest absolute Gasteiger partial charge is 0.478 e. The highest BCUT2D eigenvalue weighted by atomic mass is 35.5. The maximum absolute atomic E-state index is 13.1. The third-order valence-electron chi connectivity index (χ3n) is 5.09. The van der Waals surface area contributed by atoms with Gasteiger partial charge in [-0.3, -0.25) is 18.6 Å². The molecule has 0 fully saturated rings. The van der Waals surface area contributed by atoms with E-state index in [9.17, 15) is 14.4 Å². The van der Waals surface area contributed by atoms with Crippen molar-refractivity contribution in [2.75, 3.05) is 6.61 Å². The predicted molar refractivity (Wildman–Crippen MR) is 133 cm³/mol. The van der Waals surface area contributed by atoms with E-state index in [0.717, 1.165) is 21.5 Å². The van der Waals surface area contributed by atoms with E-state index in [1.165, 1.54) is 10.6 Å². The molecule has 1 amide bonds. The summed E-state index contributed by atoms with van der Waals surface area (Å²) < 4.78 is 7.75. The van der Waals surface area contributed by atoms with Crippen LogP contribution in [-0.2, 0) is 13.1 Å². The molecule has 176 valence electrons. The maximum atomic E-state index is 13.1. The molecule has 1 aromatic carbocycles. The van der Waals surface area contributed by atoms with Crippen molar-refractivity contribution in [2.24, 2.45) is 0 Å². The molecule has 34 heavy (non-hydrogen) atoms. The van der Waals surface area contributed by atoms with Crippen LogP contribution in [0.4, 0.5) is 0 Å². The Morgan fingerprint density at radius 1 is 1.15 bits per heavy atom. The number of rotatable bonds is 7. The second-order valence-electron chi connectivity index (χ2n) is 7.44. The number of hydrogen-bond donors (Lipinski definition) is 1. The Morgan fingerprint density at radius 2 is 1.91 bits per heavy atom. The van der Waals surface area contributed by atoms with Crippen LogP contribution >= 0.6 is 34.5 Å². The number of fused-ring (bicyclic) bond motifs is 1. The summed E-state index contributed by atoms with van der Waals surface area (Å²) in [5, 5.41) is 3.53. The number of nitrogens with one attached hydrogen (secondary N) is 1. The molecule has 0 aliphatic rings. The average molecular weight is 519 g/mol. The van der Waals surface area contributed by atoms with Crippen molar-refractivity contribution in [1.29, 1.82) is 0 Å². The van der Waals surface area contributed by atoms with Crippen LogP contribution in [0.3, 0.4) is 0 Å². The number of carbonyl (C=O) groups excluding carboxylic acids is 1. The molecule has 4 aromatic rings. The highest BCUT2D eigenvalue weighted by Gasteiger charge is 2.18. The van der Waals surface area contributed by atoms with Gasteiger partial charge < -0.3 is 10.1 Å². The molecule has 0 saturated heterocycles. The normalized spacial score (nSPS) is 11.1. The number of carbonyl (C=O) groups is 1. The molecule has 0 aliphatic heterocycles. The van der Waals surface area contributed by atoms with Crippen LogP contribution in [0, 0.1) is 6.92 Å². The number of benzene rings is 1. The standard InChI is InChI=1S/C23H20Cl2N4O4S/c1-3-33-19-7-5-15(9-26-19)10-27-20(30)18-12-29-22(34-18)13(2)21(31)28(23(29)32)11-14-4-6-16(24)17(25)8-14/h4-9,12H,3,10-11H2,1-2H3,(H,27,30). The summed E-state index contributed by atoms with van der Waals surface area (Å²) in [4.78, 5) is 43.6. The van der Waals surface area contributed by atoms with Gasteiger partial charge in [0.05, 0.1) is 23.2 Å². The van der Waals surface area contributed by atoms with Crippen LogP contribution in [-0.4, -0.2) is 26.5 Å². The first kappa shape index (κ1) is 24.0. The molecule has 3 aromatic heterocycles. The van der Waals surface area contributed by atoms with Gasteiger partial charge in [-0.1, -0.05) is 35.3 Å². The third kappa shape index (κ3) is 4.86. The van der Waals surface area contributed by atoms with E-state index in [2.05, 4.69) is 10.3 Å². The Balaban J connectivity index is 1.59. The van der Waals surface area contributed by atoms with Crippen LogP contribution < -0.4 is 21.3 Å². The molecular weight excluding hydrogens is 499 g/mol. The number of aryl methyl sites for hydroxylation is 1. The lowest BCUT2D eigenvalue weighted by Gasteiger charge is -2.08. The minimum absolute atomic E-state index is 0.0282. The molecule has 0 spiro atoms. The first-order chi connectivity index (χ1) is 16.3. The quantitative estimate of drug-likeness (QED) is 0.400. The zero-order chi connectivity index (χ0) is 24.4. The van der Waals surface area contributed by atoms with Crippen molar-refractivity contribution in [3.8, 4) is 5.88 Å². The van der Waals surface area contributed by atoms with Crippen LogP contribution in [0.2, 0.25) is 10.0 Å². The van der Waals surface area contributed by atoms with Crippen molar-refractivity contribution < 1.29 is 9.53 Å². The lowest BCUT2D eigenvalue weighted by atomic mass is 10.2. The molecule has 4 rings (SSSR count). The fourth-order valence-corrected chi connectivity index (χ4v) is 4.67. The molecule has 3 heterocycles. The molecule has 11 heteroatoms.